The minimum absolute atomic E-state index is 0.107. The summed E-state index contributed by atoms with van der Waals surface area (Å²) in [5, 5.41) is 0. The summed E-state index contributed by atoms with van der Waals surface area (Å²) in [4.78, 5) is 24.1. The minimum Gasteiger partial charge on any atom is -0.290 e. The quantitative estimate of drug-likeness (QED) is 0.551. The Hall–Kier alpha value is -3.88. The van der Waals surface area contributed by atoms with Crippen molar-refractivity contribution in [1.82, 2.24) is 0 Å². The van der Waals surface area contributed by atoms with E-state index in [-0.39, 0.29) is 11.6 Å². The van der Waals surface area contributed by atoms with Crippen molar-refractivity contribution in [1.29, 1.82) is 0 Å². The first-order valence-electron chi connectivity index (χ1n) is 9.25. The van der Waals surface area contributed by atoms with Gasteiger partial charge < -0.3 is 0 Å². The van der Waals surface area contributed by atoms with Gasteiger partial charge in [0.15, 0.2) is 11.6 Å². The first-order valence-corrected chi connectivity index (χ1v) is 9.25. The lowest BCUT2D eigenvalue weighted by molar-refractivity contribution is -0.111. The molecule has 0 radical (unpaired) electrons. The summed E-state index contributed by atoms with van der Waals surface area (Å²) < 4.78 is 0. The number of carbonyl (C=O) groups is 2. The Morgan fingerprint density at radius 2 is 1.03 bits per heavy atom. The molecule has 0 aromatic carbocycles. The topological polar surface area (TPSA) is 34.1 Å². The van der Waals surface area contributed by atoms with E-state index in [1.54, 1.807) is 36.5 Å². The van der Waals surface area contributed by atoms with Crippen LogP contribution in [0.3, 0.4) is 0 Å². The van der Waals surface area contributed by atoms with Crippen molar-refractivity contribution in [2.45, 2.75) is 20.3 Å². The van der Waals surface area contributed by atoms with Crippen LogP contribution in [0.25, 0.3) is 0 Å². The van der Waals surface area contributed by atoms with Crippen LogP contribution < -0.4 is 0 Å². The summed E-state index contributed by atoms with van der Waals surface area (Å²) in [7, 11) is 0. The van der Waals surface area contributed by atoms with Crippen LogP contribution in [-0.4, -0.2) is 11.6 Å². The maximum absolute atomic E-state index is 12.0. The van der Waals surface area contributed by atoms with Crippen LogP contribution in [0.5, 0.6) is 0 Å². The average Bonchev–Trinajstić information content (AvgIpc) is 2.93. The maximum atomic E-state index is 12.0. The molecule has 0 saturated carbocycles. The molecule has 142 valence electrons. The highest BCUT2D eigenvalue weighted by Gasteiger charge is 2.00. The van der Waals surface area contributed by atoms with E-state index in [4.69, 9.17) is 0 Å². The standard InChI is InChI=1S/C27H22O2/c1-22-9-3-4-10-23(2)12-8-16-27(29)20-18-25-14-6-5-13-24(21-25)17-19-26(28)15-7-11-22/h5-8,11-20H,21H2,1-2H3/b15-7+,16-8+,19-17+,20-18+,22-11-,23-12?. The lowest BCUT2D eigenvalue weighted by atomic mass is 10.0. The minimum atomic E-state index is -0.107. The van der Waals surface area contributed by atoms with Crippen LogP contribution in [0.4, 0.5) is 0 Å². The number of rotatable bonds is 0. The molecule has 0 fully saturated rings. The van der Waals surface area contributed by atoms with E-state index >= 15 is 0 Å². The van der Waals surface area contributed by atoms with Crippen LogP contribution in [0, 0.1) is 23.7 Å². The zero-order chi connectivity index (χ0) is 20.9. The summed E-state index contributed by atoms with van der Waals surface area (Å²) in [6, 6.07) is 0. The van der Waals surface area contributed by atoms with Gasteiger partial charge in [-0.15, -0.1) is 0 Å². The molecule has 2 heteroatoms. The highest BCUT2D eigenvalue weighted by Crippen LogP contribution is 2.17. The fourth-order valence-electron chi connectivity index (χ4n) is 2.35. The molecule has 0 atom stereocenters. The van der Waals surface area contributed by atoms with Crippen molar-refractivity contribution in [3.8, 4) is 23.7 Å². The third kappa shape index (κ3) is 9.05. The third-order valence-corrected chi connectivity index (χ3v) is 3.86. The zero-order valence-corrected chi connectivity index (χ0v) is 16.6. The molecule has 0 unspecified atom stereocenters. The summed E-state index contributed by atoms with van der Waals surface area (Å²) in [6.07, 6.45) is 25.0. The maximum Gasteiger partial charge on any atom is 0.178 e. The van der Waals surface area contributed by atoms with Gasteiger partial charge in [-0.05, 0) is 78.7 Å². The second-order valence-corrected chi connectivity index (χ2v) is 6.43. The second kappa shape index (κ2) is 11.8. The van der Waals surface area contributed by atoms with Gasteiger partial charge in [0.1, 0.15) is 0 Å². The number of hydrogen-bond donors (Lipinski definition) is 0. The van der Waals surface area contributed by atoms with Gasteiger partial charge in [-0.25, -0.2) is 0 Å². The monoisotopic (exact) mass is 378 g/mol. The van der Waals surface area contributed by atoms with Crippen LogP contribution in [0.2, 0.25) is 0 Å². The lowest BCUT2D eigenvalue weighted by Gasteiger charge is -2.01. The molecule has 0 heterocycles. The second-order valence-electron chi connectivity index (χ2n) is 6.43. The molecule has 2 aliphatic carbocycles. The van der Waals surface area contributed by atoms with Gasteiger partial charge in [-0.3, -0.25) is 9.59 Å². The smallest absolute Gasteiger partial charge is 0.178 e. The summed E-state index contributed by atoms with van der Waals surface area (Å²) in [5.41, 5.74) is 3.59. The van der Waals surface area contributed by atoms with Crippen molar-refractivity contribution in [3.63, 3.8) is 0 Å². The van der Waals surface area contributed by atoms with Crippen molar-refractivity contribution in [2.75, 3.05) is 0 Å². The normalized spacial score (nSPS) is 23.7. The molecule has 0 aromatic heterocycles. The van der Waals surface area contributed by atoms with Crippen LogP contribution in [0.1, 0.15) is 20.3 Å². The fraction of sp³-hybridized carbons (Fsp3) is 0.111. The molecule has 0 N–H and O–H groups in total. The first kappa shape index (κ1) is 21.4. The Labute approximate surface area is 172 Å². The van der Waals surface area contributed by atoms with Crippen molar-refractivity contribution >= 4 is 11.6 Å². The van der Waals surface area contributed by atoms with E-state index in [2.05, 4.69) is 23.7 Å². The van der Waals surface area contributed by atoms with Gasteiger partial charge in [0.05, 0.1) is 0 Å². The number of allylic oxidation sites excluding steroid dienone is 18. The number of ketones is 2. The van der Waals surface area contributed by atoms with Crippen LogP contribution in [-0.2, 0) is 9.59 Å². The lowest BCUT2D eigenvalue weighted by Crippen LogP contribution is -1.89. The van der Waals surface area contributed by atoms with Gasteiger partial charge in [0.25, 0.3) is 0 Å². The summed E-state index contributed by atoms with van der Waals surface area (Å²) >= 11 is 0. The molecular weight excluding hydrogens is 356 g/mol. The Morgan fingerprint density at radius 3 is 1.48 bits per heavy atom. The summed E-state index contributed by atoms with van der Waals surface area (Å²) in [6.45, 7) is 3.71. The van der Waals surface area contributed by atoms with Gasteiger partial charge >= 0.3 is 0 Å². The highest BCUT2D eigenvalue weighted by atomic mass is 16.1. The van der Waals surface area contributed by atoms with Gasteiger partial charge in [0.2, 0.25) is 0 Å². The van der Waals surface area contributed by atoms with Gasteiger partial charge in [-0.1, -0.05) is 72.6 Å². The molecule has 0 aromatic rings. The molecule has 2 bridgehead atoms. The SMILES string of the molecule is CC1=C/C=C/C(=O)/C=C/C2=CC=CC=C(/C=C/C(=O)/C=C/C=C(/C)C#CC#C1)C2. The third-order valence-electron chi connectivity index (χ3n) is 3.86. The molecule has 2 aliphatic rings. The number of hydrogen-bond acceptors (Lipinski definition) is 2. The van der Waals surface area contributed by atoms with E-state index < -0.39 is 0 Å². The Morgan fingerprint density at radius 1 is 0.586 bits per heavy atom. The van der Waals surface area contributed by atoms with E-state index in [0.717, 1.165) is 22.3 Å². The van der Waals surface area contributed by atoms with Crippen LogP contribution in [0.15, 0.2) is 107 Å². The van der Waals surface area contributed by atoms with E-state index in [9.17, 15) is 9.59 Å². The Kier molecular flexibility index (Phi) is 8.68. The molecule has 29 heavy (non-hydrogen) atoms. The van der Waals surface area contributed by atoms with Gasteiger partial charge in [-0.2, -0.15) is 0 Å². The predicted octanol–water partition coefficient (Wildman–Crippen LogP) is 5.08. The van der Waals surface area contributed by atoms with E-state index in [1.165, 1.54) is 24.3 Å². The van der Waals surface area contributed by atoms with Crippen molar-refractivity contribution in [3.05, 3.63) is 107 Å². The number of fused-ring (bicyclic) bond motifs is 2. The molecule has 0 spiro atoms. The molecular formula is C27H22O2. The molecule has 2 nitrogen and oxygen atoms in total. The van der Waals surface area contributed by atoms with Crippen molar-refractivity contribution < 1.29 is 9.59 Å². The largest absolute Gasteiger partial charge is 0.290 e. The van der Waals surface area contributed by atoms with Gasteiger partial charge in [0, 0.05) is 0 Å². The van der Waals surface area contributed by atoms with Crippen LogP contribution >= 0.6 is 0 Å². The molecule has 2 rings (SSSR count). The first-order chi connectivity index (χ1) is 14.0. The molecule has 0 saturated heterocycles. The van der Waals surface area contributed by atoms with E-state index in [0.29, 0.717) is 6.42 Å². The van der Waals surface area contributed by atoms with Crippen molar-refractivity contribution in [2.24, 2.45) is 0 Å². The zero-order valence-electron chi connectivity index (χ0n) is 16.6. The number of carbonyl (C=O) groups excluding carboxylic acids is 2. The molecule has 0 aliphatic heterocycles. The average molecular weight is 378 g/mol. The van der Waals surface area contributed by atoms with E-state index in [1.807, 2.05) is 38.2 Å². The predicted molar refractivity (Wildman–Crippen MR) is 120 cm³/mol. The highest BCUT2D eigenvalue weighted by molar-refractivity contribution is 6.00. The Balaban J connectivity index is 2.33. The fourth-order valence-corrected chi connectivity index (χ4v) is 2.35. The Bertz CT molecular complexity index is 981. The summed E-state index contributed by atoms with van der Waals surface area (Å²) in [5.74, 6) is 11.2. The molecule has 0 amide bonds.